The molecular weight excluding hydrogens is 280 g/mol. The fourth-order valence-corrected chi connectivity index (χ4v) is 2.58. The minimum Gasteiger partial charge on any atom is -0.504 e. The highest BCUT2D eigenvalue weighted by Gasteiger charge is 2.14. The van der Waals surface area contributed by atoms with Crippen LogP contribution in [0, 0.1) is 0 Å². The number of hydrogen-bond acceptors (Lipinski definition) is 3. The van der Waals surface area contributed by atoms with Crippen LogP contribution in [-0.4, -0.2) is 23.3 Å². The molecule has 116 valence electrons. The Labute approximate surface area is 129 Å². The Hall–Kier alpha value is -2.49. The third-order valence-electron chi connectivity index (χ3n) is 3.67. The van der Waals surface area contributed by atoms with Gasteiger partial charge in [-0.25, -0.2) is 4.79 Å². The Bertz CT molecular complexity index is 744. The molecule has 0 saturated carbocycles. The first-order chi connectivity index (χ1) is 10.5. The topological polar surface area (TPSA) is 66.8 Å². The summed E-state index contributed by atoms with van der Waals surface area (Å²) < 4.78 is 5.24. The van der Waals surface area contributed by atoms with Crippen molar-refractivity contribution in [2.45, 2.75) is 26.7 Å². The average molecular weight is 300 g/mol. The summed E-state index contributed by atoms with van der Waals surface area (Å²) in [6, 6.07) is 7.45. The number of carbonyl (C=O) groups is 1. The van der Waals surface area contributed by atoms with E-state index in [2.05, 4.69) is 6.92 Å². The standard InChI is InChI=1S/C18H20O4/c1-4-6-12-7-5-8-14-13(9-11(2)18(20)21)10-15(22-3)17(19)16(12)14/h5,7-10,19H,4,6H2,1-3H3,(H,20,21). The zero-order valence-electron chi connectivity index (χ0n) is 13.0. The van der Waals surface area contributed by atoms with Gasteiger partial charge in [-0.1, -0.05) is 31.5 Å². The van der Waals surface area contributed by atoms with E-state index in [4.69, 9.17) is 9.84 Å². The average Bonchev–Trinajstić information content (AvgIpc) is 2.50. The van der Waals surface area contributed by atoms with Crippen molar-refractivity contribution in [2.75, 3.05) is 7.11 Å². The largest absolute Gasteiger partial charge is 0.504 e. The number of phenols is 1. The SMILES string of the molecule is CCCc1cccc2c(C=C(C)C(=O)O)cc(OC)c(O)c12. The first-order valence-electron chi connectivity index (χ1n) is 7.22. The van der Waals surface area contributed by atoms with Crippen LogP contribution in [0.5, 0.6) is 11.5 Å². The second kappa shape index (κ2) is 6.52. The minimum atomic E-state index is -0.968. The van der Waals surface area contributed by atoms with Gasteiger partial charge in [-0.2, -0.15) is 0 Å². The molecule has 0 radical (unpaired) electrons. The first kappa shape index (κ1) is 15.9. The van der Waals surface area contributed by atoms with Crippen molar-refractivity contribution in [1.29, 1.82) is 0 Å². The third-order valence-corrected chi connectivity index (χ3v) is 3.67. The van der Waals surface area contributed by atoms with E-state index < -0.39 is 5.97 Å². The van der Waals surface area contributed by atoms with Crippen LogP contribution in [0.2, 0.25) is 0 Å². The minimum absolute atomic E-state index is 0.103. The number of rotatable bonds is 5. The van der Waals surface area contributed by atoms with E-state index in [1.165, 1.54) is 7.11 Å². The van der Waals surface area contributed by atoms with Crippen molar-refractivity contribution in [1.82, 2.24) is 0 Å². The molecule has 2 N–H and O–H groups in total. The third kappa shape index (κ3) is 2.91. The van der Waals surface area contributed by atoms with Gasteiger partial charge in [0.25, 0.3) is 0 Å². The molecule has 2 aromatic carbocycles. The number of fused-ring (bicyclic) bond motifs is 1. The van der Waals surface area contributed by atoms with Gasteiger partial charge in [0.15, 0.2) is 11.5 Å². The van der Waals surface area contributed by atoms with Crippen LogP contribution in [0.1, 0.15) is 31.4 Å². The van der Waals surface area contributed by atoms with E-state index in [0.29, 0.717) is 5.75 Å². The number of aromatic hydroxyl groups is 1. The molecule has 0 spiro atoms. The highest BCUT2D eigenvalue weighted by atomic mass is 16.5. The number of ether oxygens (including phenoxy) is 1. The van der Waals surface area contributed by atoms with Crippen molar-refractivity contribution < 1.29 is 19.7 Å². The molecule has 22 heavy (non-hydrogen) atoms. The van der Waals surface area contributed by atoms with Gasteiger partial charge in [-0.15, -0.1) is 0 Å². The molecule has 0 fully saturated rings. The first-order valence-corrected chi connectivity index (χ1v) is 7.22. The molecule has 2 rings (SSSR count). The predicted octanol–water partition coefficient (Wildman–Crippen LogP) is 3.99. The maximum Gasteiger partial charge on any atom is 0.331 e. The van der Waals surface area contributed by atoms with E-state index in [-0.39, 0.29) is 11.3 Å². The monoisotopic (exact) mass is 300 g/mol. The summed E-state index contributed by atoms with van der Waals surface area (Å²) in [5.41, 5.74) is 1.98. The highest BCUT2D eigenvalue weighted by Crippen LogP contribution is 2.40. The van der Waals surface area contributed by atoms with Crippen LogP contribution in [-0.2, 0) is 11.2 Å². The zero-order valence-corrected chi connectivity index (χ0v) is 13.0. The van der Waals surface area contributed by atoms with E-state index in [9.17, 15) is 9.90 Å². The number of phenolic OH excluding ortho intramolecular Hbond substituents is 1. The molecule has 0 aliphatic rings. The molecule has 0 atom stereocenters. The van der Waals surface area contributed by atoms with Crippen molar-refractivity contribution in [3.8, 4) is 11.5 Å². The molecule has 2 aromatic rings. The van der Waals surface area contributed by atoms with Crippen molar-refractivity contribution >= 4 is 22.8 Å². The molecule has 4 heteroatoms. The Kier molecular flexibility index (Phi) is 4.71. The Morgan fingerprint density at radius 2 is 2.09 bits per heavy atom. The van der Waals surface area contributed by atoms with Gasteiger partial charge in [0.2, 0.25) is 0 Å². The fraction of sp³-hybridized carbons (Fsp3) is 0.278. The number of carboxylic acid groups (broad SMARTS) is 1. The Morgan fingerprint density at radius 1 is 1.36 bits per heavy atom. The summed E-state index contributed by atoms with van der Waals surface area (Å²) in [7, 11) is 1.49. The molecule has 0 bridgehead atoms. The summed E-state index contributed by atoms with van der Waals surface area (Å²) in [6.07, 6.45) is 3.39. The van der Waals surface area contributed by atoms with E-state index in [1.807, 2.05) is 18.2 Å². The summed E-state index contributed by atoms with van der Waals surface area (Å²) in [5, 5.41) is 21.1. The number of methoxy groups -OCH3 is 1. The molecular formula is C18H20O4. The number of aryl methyl sites for hydroxylation is 1. The van der Waals surface area contributed by atoms with Crippen LogP contribution in [0.25, 0.3) is 16.8 Å². The summed E-state index contributed by atoms with van der Waals surface area (Å²) in [5.74, 6) is -0.517. The lowest BCUT2D eigenvalue weighted by Gasteiger charge is -2.14. The normalized spacial score (nSPS) is 11.7. The van der Waals surface area contributed by atoms with Crippen molar-refractivity contribution in [3.05, 3.63) is 41.0 Å². The van der Waals surface area contributed by atoms with Gasteiger partial charge in [0.05, 0.1) is 7.11 Å². The zero-order chi connectivity index (χ0) is 16.3. The quantitative estimate of drug-likeness (QED) is 0.819. The lowest BCUT2D eigenvalue weighted by molar-refractivity contribution is -0.132. The predicted molar refractivity (Wildman–Crippen MR) is 87.4 cm³/mol. The summed E-state index contributed by atoms with van der Waals surface area (Å²) in [4.78, 5) is 11.1. The fourth-order valence-electron chi connectivity index (χ4n) is 2.58. The van der Waals surface area contributed by atoms with Gasteiger partial charge in [0.1, 0.15) is 0 Å². The number of benzene rings is 2. The van der Waals surface area contributed by atoms with E-state index in [0.717, 1.165) is 34.7 Å². The van der Waals surface area contributed by atoms with Crippen LogP contribution < -0.4 is 4.74 Å². The molecule has 0 aliphatic heterocycles. The summed E-state index contributed by atoms with van der Waals surface area (Å²) >= 11 is 0. The van der Waals surface area contributed by atoms with Crippen LogP contribution in [0.15, 0.2) is 29.8 Å². The second-order valence-electron chi connectivity index (χ2n) is 5.24. The van der Waals surface area contributed by atoms with E-state index >= 15 is 0 Å². The molecule has 0 aromatic heterocycles. The van der Waals surface area contributed by atoms with Crippen LogP contribution >= 0.6 is 0 Å². The van der Waals surface area contributed by atoms with Gasteiger partial charge >= 0.3 is 5.97 Å². The number of aliphatic carboxylic acids is 1. The smallest absolute Gasteiger partial charge is 0.331 e. The van der Waals surface area contributed by atoms with Gasteiger partial charge in [-0.3, -0.25) is 0 Å². The molecule has 0 amide bonds. The highest BCUT2D eigenvalue weighted by molar-refractivity contribution is 6.02. The van der Waals surface area contributed by atoms with Crippen molar-refractivity contribution in [3.63, 3.8) is 0 Å². The lowest BCUT2D eigenvalue weighted by Crippen LogP contribution is -1.97. The maximum absolute atomic E-state index is 11.1. The van der Waals surface area contributed by atoms with Crippen LogP contribution in [0.4, 0.5) is 0 Å². The van der Waals surface area contributed by atoms with Gasteiger partial charge in [0, 0.05) is 11.0 Å². The summed E-state index contributed by atoms with van der Waals surface area (Å²) in [6.45, 7) is 3.62. The Morgan fingerprint density at radius 3 is 2.68 bits per heavy atom. The number of carboxylic acids is 1. The number of hydrogen-bond donors (Lipinski definition) is 2. The van der Waals surface area contributed by atoms with Crippen molar-refractivity contribution in [2.24, 2.45) is 0 Å². The molecule has 0 aliphatic carbocycles. The lowest BCUT2D eigenvalue weighted by atomic mass is 9.95. The molecule has 0 unspecified atom stereocenters. The van der Waals surface area contributed by atoms with Gasteiger partial charge in [-0.05, 0) is 42.0 Å². The second-order valence-corrected chi connectivity index (χ2v) is 5.24. The van der Waals surface area contributed by atoms with E-state index in [1.54, 1.807) is 19.1 Å². The molecule has 0 saturated heterocycles. The molecule has 4 nitrogen and oxygen atoms in total. The van der Waals surface area contributed by atoms with Gasteiger partial charge < -0.3 is 14.9 Å². The molecule has 0 heterocycles. The Balaban J connectivity index is 2.82. The maximum atomic E-state index is 11.1. The van der Waals surface area contributed by atoms with Crippen LogP contribution in [0.3, 0.4) is 0 Å².